The van der Waals surface area contributed by atoms with Gasteiger partial charge >= 0.3 is 0 Å². The molecule has 2 aromatic heterocycles. The predicted octanol–water partition coefficient (Wildman–Crippen LogP) is 5.09. The largest absolute Gasteiger partial charge is 0.492 e. The molecule has 3 heterocycles. The molecule has 36 heavy (non-hydrogen) atoms. The number of pyridine rings is 1. The molecule has 1 aliphatic heterocycles. The second-order valence-electron chi connectivity index (χ2n) is 9.52. The first kappa shape index (κ1) is 23.9. The lowest BCUT2D eigenvalue weighted by molar-refractivity contribution is 0.134. The van der Waals surface area contributed by atoms with Crippen LogP contribution in [0.2, 0.25) is 0 Å². The number of ether oxygens (including phenoxy) is 1. The van der Waals surface area contributed by atoms with E-state index in [0.29, 0.717) is 12.2 Å². The predicted molar refractivity (Wildman–Crippen MR) is 145 cm³/mol. The van der Waals surface area contributed by atoms with E-state index in [4.69, 9.17) is 4.74 Å². The Labute approximate surface area is 212 Å². The Bertz CT molecular complexity index is 1410. The first-order valence-electron chi connectivity index (χ1n) is 12.4. The van der Waals surface area contributed by atoms with Crippen LogP contribution in [0.1, 0.15) is 16.8 Å². The average Bonchev–Trinajstić information content (AvgIpc) is 3.28. The molecular weight excluding hydrogens is 448 g/mol. The fraction of sp³-hybridized carbons (Fsp3) is 0.310. The van der Waals surface area contributed by atoms with Gasteiger partial charge in [0.15, 0.2) is 0 Å². The number of benzene rings is 2. The number of likely N-dealkylation sites (N-methyl/N-ethyl adjacent to an activating group) is 1. The monoisotopic (exact) mass is 480 g/mol. The lowest BCUT2D eigenvalue weighted by Gasteiger charge is -2.32. The fourth-order valence-electron chi connectivity index (χ4n) is 4.77. The smallest absolute Gasteiger partial charge is 0.119 e. The number of hydrogen-bond donors (Lipinski definition) is 2. The van der Waals surface area contributed by atoms with E-state index in [1.54, 1.807) is 12.4 Å². The lowest BCUT2D eigenvalue weighted by Crippen LogP contribution is -2.45. The van der Waals surface area contributed by atoms with E-state index in [1.165, 1.54) is 5.39 Å². The van der Waals surface area contributed by atoms with Crippen LogP contribution in [0, 0.1) is 25.2 Å². The molecule has 0 radical (unpaired) electrons. The number of H-pyrrole nitrogens is 1. The van der Waals surface area contributed by atoms with E-state index in [-0.39, 0.29) is 0 Å². The number of nitriles is 1. The minimum atomic E-state index is 0.499. The molecule has 5 rings (SSSR count). The standard InChI is InChI=1S/C29H32N6O/c1-20-15-25-21(2)27(7-8-28(25)32-20)33-29-23(17-30)18-31-19-26(29)22-5-4-6-24(16-22)36-14-13-35-11-9-34(3)10-12-35/h4-8,15-16,18-19,32H,9-14H2,1-3H3,(H,31,33). The molecule has 0 saturated carbocycles. The number of aryl methyl sites for hydroxylation is 2. The first-order valence-corrected chi connectivity index (χ1v) is 12.4. The van der Waals surface area contributed by atoms with Gasteiger partial charge in [0.1, 0.15) is 18.4 Å². The zero-order chi connectivity index (χ0) is 25.1. The van der Waals surface area contributed by atoms with Crippen molar-refractivity contribution in [1.82, 2.24) is 19.8 Å². The summed E-state index contributed by atoms with van der Waals surface area (Å²) >= 11 is 0. The van der Waals surface area contributed by atoms with Crippen LogP contribution in [-0.2, 0) is 0 Å². The quantitative estimate of drug-likeness (QED) is 0.384. The number of rotatable bonds is 7. The molecule has 184 valence electrons. The number of hydrogen-bond acceptors (Lipinski definition) is 6. The van der Waals surface area contributed by atoms with Gasteiger partial charge in [-0.2, -0.15) is 5.26 Å². The van der Waals surface area contributed by atoms with Gasteiger partial charge in [-0.15, -0.1) is 0 Å². The van der Waals surface area contributed by atoms with Crippen molar-refractivity contribution < 1.29 is 4.74 Å². The minimum absolute atomic E-state index is 0.499. The van der Waals surface area contributed by atoms with E-state index in [2.05, 4.69) is 70.2 Å². The molecule has 2 aromatic carbocycles. The maximum absolute atomic E-state index is 9.86. The Hall–Kier alpha value is -3.86. The van der Waals surface area contributed by atoms with Crippen molar-refractivity contribution in [3.63, 3.8) is 0 Å². The average molecular weight is 481 g/mol. The van der Waals surface area contributed by atoms with Crippen molar-refractivity contribution in [1.29, 1.82) is 5.26 Å². The zero-order valence-electron chi connectivity index (χ0n) is 21.1. The highest BCUT2D eigenvalue weighted by Crippen LogP contribution is 2.36. The van der Waals surface area contributed by atoms with Gasteiger partial charge in [-0.25, -0.2) is 0 Å². The third-order valence-corrected chi connectivity index (χ3v) is 6.95. The van der Waals surface area contributed by atoms with Gasteiger partial charge < -0.3 is 19.9 Å². The summed E-state index contributed by atoms with van der Waals surface area (Å²) in [7, 11) is 2.17. The summed E-state index contributed by atoms with van der Waals surface area (Å²) in [4.78, 5) is 12.5. The third-order valence-electron chi connectivity index (χ3n) is 6.95. The molecule has 0 spiro atoms. The van der Waals surface area contributed by atoms with Crippen LogP contribution in [0.15, 0.2) is 54.9 Å². The van der Waals surface area contributed by atoms with Crippen molar-refractivity contribution >= 4 is 22.3 Å². The minimum Gasteiger partial charge on any atom is -0.492 e. The highest BCUT2D eigenvalue weighted by molar-refractivity contribution is 5.92. The summed E-state index contributed by atoms with van der Waals surface area (Å²) in [5.41, 5.74) is 7.38. The normalized spacial score (nSPS) is 14.6. The lowest BCUT2D eigenvalue weighted by atomic mass is 10.0. The number of aromatic nitrogens is 2. The van der Waals surface area contributed by atoms with Crippen LogP contribution in [0.5, 0.6) is 5.75 Å². The molecule has 7 heteroatoms. The Kier molecular flexibility index (Phi) is 6.90. The van der Waals surface area contributed by atoms with Gasteiger partial charge in [-0.05, 0) is 62.4 Å². The van der Waals surface area contributed by atoms with Crippen molar-refractivity contribution in [3.8, 4) is 22.9 Å². The molecular formula is C29H32N6O. The summed E-state index contributed by atoms with van der Waals surface area (Å²) in [5, 5.41) is 14.6. The first-order chi connectivity index (χ1) is 17.5. The van der Waals surface area contributed by atoms with Gasteiger partial charge in [-0.1, -0.05) is 12.1 Å². The van der Waals surface area contributed by atoms with Crippen LogP contribution in [0.25, 0.3) is 22.0 Å². The van der Waals surface area contributed by atoms with Crippen molar-refractivity contribution in [3.05, 3.63) is 71.7 Å². The van der Waals surface area contributed by atoms with Crippen LogP contribution in [0.4, 0.5) is 11.4 Å². The second-order valence-corrected chi connectivity index (χ2v) is 9.52. The van der Waals surface area contributed by atoms with E-state index in [1.807, 2.05) is 24.3 Å². The van der Waals surface area contributed by atoms with Crippen LogP contribution in [0.3, 0.4) is 0 Å². The number of fused-ring (bicyclic) bond motifs is 1. The summed E-state index contributed by atoms with van der Waals surface area (Å²) in [5.74, 6) is 0.815. The third kappa shape index (κ3) is 5.06. The SMILES string of the molecule is Cc1cc2c(C)c(Nc3c(C#N)cncc3-c3cccc(OCCN4CCN(C)CC4)c3)ccc2[nH]1. The van der Waals surface area contributed by atoms with Crippen molar-refractivity contribution in [2.45, 2.75) is 13.8 Å². The molecule has 2 N–H and O–H groups in total. The topological polar surface area (TPSA) is 80.2 Å². The van der Waals surface area contributed by atoms with Gasteiger partial charge in [0.2, 0.25) is 0 Å². The van der Waals surface area contributed by atoms with E-state index in [0.717, 1.165) is 77.7 Å². The Balaban J connectivity index is 1.39. The summed E-state index contributed by atoms with van der Waals surface area (Å²) < 4.78 is 6.12. The number of nitrogens with one attached hydrogen (secondary N) is 2. The van der Waals surface area contributed by atoms with Gasteiger partial charge in [-0.3, -0.25) is 9.88 Å². The Morgan fingerprint density at radius 1 is 1.08 bits per heavy atom. The van der Waals surface area contributed by atoms with E-state index in [9.17, 15) is 5.26 Å². The van der Waals surface area contributed by atoms with Gasteiger partial charge in [0.05, 0.1) is 11.3 Å². The zero-order valence-corrected chi connectivity index (χ0v) is 21.1. The highest BCUT2D eigenvalue weighted by Gasteiger charge is 2.16. The molecule has 1 fully saturated rings. The molecule has 0 amide bonds. The summed E-state index contributed by atoms with van der Waals surface area (Å²) in [6, 6.07) is 16.6. The van der Waals surface area contributed by atoms with Crippen LogP contribution in [-0.4, -0.2) is 66.1 Å². The van der Waals surface area contributed by atoms with E-state index >= 15 is 0 Å². The molecule has 0 atom stereocenters. The van der Waals surface area contributed by atoms with Crippen molar-refractivity contribution in [2.24, 2.45) is 0 Å². The molecule has 7 nitrogen and oxygen atoms in total. The van der Waals surface area contributed by atoms with Gasteiger partial charge in [0.25, 0.3) is 0 Å². The number of piperazine rings is 1. The van der Waals surface area contributed by atoms with Crippen molar-refractivity contribution in [2.75, 3.05) is 51.7 Å². The summed E-state index contributed by atoms with van der Waals surface area (Å²) in [6.07, 6.45) is 3.41. The summed E-state index contributed by atoms with van der Waals surface area (Å²) in [6.45, 7) is 10.1. The second kappa shape index (κ2) is 10.4. The number of nitrogens with zero attached hydrogens (tertiary/aromatic N) is 4. The molecule has 0 aliphatic carbocycles. The maximum atomic E-state index is 9.86. The fourth-order valence-corrected chi connectivity index (χ4v) is 4.77. The maximum Gasteiger partial charge on any atom is 0.119 e. The molecule has 4 aromatic rings. The Morgan fingerprint density at radius 3 is 2.72 bits per heavy atom. The molecule has 0 unspecified atom stereocenters. The molecule has 1 aliphatic rings. The van der Waals surface area contributed by atoms with Gasteiger partial charge in [0, 0.05) is 73.0 Å². The van der Waals surface area contributed by atoms with Crippen LogP contribution < -0.4 is 10.1 Å². The number of anilines is 2. The van der Waals surface area contributed by atoms with Crippen LogP contribution >= 0.6 is 0 Å². The Morgan fingerprint density at radius 2 is 1.92 bits per heavy atom. The molecule has 1 saturated heterocycles. The molecule has 0 bridgehead atoms. The van der Waals surface area contributed by atoms with E-state index < -0.39 is 0 Å². The number of aromatic amines is 1. The highest BCUT2D eigenvalue weighted by atomic mass is 16.5.